The van der Waals surface area contributed by atoms with E-state index < -0.39 is 25.1 Å². The summed E-state index contributed by atoms with van der Waals surface area (Å²) in [5.41, 5.74) is 0.0876. The van der Waals surface area contributed by atoms with Crippen LogP contribution in [0.5, 0.6) is 0 Å². The largest absolute Gasteiger partial charge is 0.478 e. The van der Waals surface area contributed by atoms with Gasteiger partial charge in [0.1, 0.15) is 0 Å². The Kier molecular flexibility index (Phi) is 7.88. The van der Waals surface area contributed by atoms with E-state index in [1.165, 1.54) is 37.3 Å². The van der Waals surface area contributed by atoms with E-state index in [9.17, 15) is 27.5 Å². The number of hydrogen-bond acceptors (Lipinski definition) is 7. The quantitative estimate of drug-likeness (QED) is 0.228. The second-order valence-electron chi connectivity index (χ2n) is 4.91. The van der Waals surface area contributed by atoms with Crippen molar-refractivity contribution in [3.63, 3.8) is 0 Å². The third kappa shape index (κ3) is 6.68. The molecule has 0 saturated carbocycles. The van der Waals surface area contributed by atoms with Gasteiger partial charge in [0.2, 0.25) is 0 Å². The molecule has 2 rings (SSSR count). The fraction of sp³-hybridized carbons (Fsp3) is 0.0667. The van der Waals surface area contributed by atoms with Crippen molar-refractivity contribution in [1.82, 2.24) is 0 Å². The number of carbonyl (C=O) groups excluding carboxylic acids is 1. The Hall–Kier alpha value is -2.98. The van der Waals surface area contributed by atoms with E-state index >= 15 is 0 Å². The van der Waals surface area contributed by atoms with Gasteiger partial charge in [-0.15, -0.1) is 0 Å². The van der Waals surface area contributed by atoms with Crippen LogP contribution in [0, 0.1) is 10.1 Å². The Labute approximate surface area is 155 Å². The van der Waals surface area contributed by atoms with Crippen molar-refractivity contribution in [1.29, 1.82) is 0 Å². The van der Waals surface area contributed by atoms with Crippen molar-refractivity contribution in [3.8, 4) is 0 Å². The number of nitrogens with zero attached hydrogens (tertiary/aromatic N) is 1. The van der Waals surface area contributed by atoms with E-state index in [4.69, 9.17) is 10.4 Å². The number of non-ortho nitro benzene ring substituents is 1. The summed E-state index contributed by atoms with van der Waals surface area (Å²) in [6.45, 7) is 1.27. The van der Waals surface area contributed by atoms with Gasteiger partial charge in [0.15, 0.2) is 0 Å². The maximum atomic E-state index is 11.4. The number of nitrogens with one attached hydrogen (secondary N) is 1. The molecule has 1 amide bonds. The van der Waals surface area contributed by atoms with Crippen LogP contribution in [0.15, 0.2) is 48.5 Å². The molecule has 11 nitrogen and oxygen atoms in total. The van der Waals surface area contributed by atoms with Crippen molar-refractivity contribution >= 4 is 41.8 Å². The Balaban J connectivity index is 0.000000277. The van der Waals surface area contributed by atoms with E-state index in [0.29, 0.717) is 0 Å². The number of rotatable bonds is 5. The Morgan fingerprint density at radius 2 is 1.70 bits per heavy atom. The first-order chi connectivity index (χ1) is 12.6. The molecule has 0 bridgehead atoms. The molecule has 0 radical (unpaired) electrons. The number of carbonyl (C=O) groups is 2. The predicted octanol–water partition coefficient (Wildman–Crippen LogP) is 0.996. The van der Waals surface area contributed by atoms with Crippen LogP contribution < -0.4 is 9.67 Å². The van der Waals surface area contributed by atoms with Gasteiger partial charge >= 0.3 is 94.4 Å². The van der Waals surface area contributed by atoms with E-state index in [1.807, 2.05) is 0 Å². The van der Waals surface area contributed by atoms with Gasteiger partial charge in [-0.05, 0) is 12.1 Å². The molecule has 2 aromatic carbocycles. The molecular formula is C15H15AsN2O9. The first-order valence-corrected chi connectivity index (χ1v) is 10.4. The number of carboxylic acid groups (broad SMARTS) is 1. The molecule has 0 aliphatic heterocycles. The molecule has 2 aromatic rings. The fourth-order valence-corrected chi connectivity index (χ4v) is 3.46. The summed E-state index contributed by atoms with van der Waals surface area (Å²) in [4.78, 5) is 30.7. The number of aromatic carboxylic acids is 1. The first-order valence-electron chi connectivity index (χ1n) is 7.09. The normalized spacial score (nSPS) is 12.1. The van der Waals surface area contributed by atoms with Crippen molar-refractivity contribution in [3.05, 3.63) is 64.2 Å². The molecule has 0 aromatic heterocycles. The molecule has 0 spiro atoms. The summed E-state index contributed by atoms with van der Waals surface area (Å²) in [5.74, 6) is -1.47. The van der Waals surface area contributed by atoms with Crippen LogP contribution in [0.25, 0.3) is 0 Å². The molecular weight excluding hydrogens is 427 g/mol. The summed E-state index contributed by atoms with van der Waals surface area (Å²) < 4.78 is 24.1. The van der Waals surface area contributed by atoms with E-state index in [0.717, 1.165) is 12.1 Å². The number of nitro groups is 1. The van der Waals surface area contributed by atoms with Crippen molar-refractivity contribution in [2.75, 3.05) is 5.32 Å². The number of carboxylic acids is 1. The van der Waals surface area contributed by atoms with Gasteiger partial charge in [-0.25, -0.2) is 4.79 Å². The topological polar surface area (TPSA) is 176 Å². The third-order valence-corrected chi connectivity index (χ3v) is 5.51. The summed E-state index contributed by atoms with van der Waals surface area (Å²) in [5, 5.41) is 29.3. The fourth-order valence-electron chi connectivity index (χ4n) is 1.79. The van der Waals surface area contributed by atoms with Gasteiger partial charge in [-0.2, -0.15) is 0 Å². The van der Waals surface area contributed by atoms with Gasteiger partial charge in [-0.1, -0.05) is 0 Å². The van der Waals surface area contributed by atoms with Crippen LogP contribution >= 0.6 is 0 Å². The summed E-state index contributed by atoms with van der Waals surface area (Å²) in [7, 11) is 0. The number of nitro benzene ring substituents is 1. The van der Waals surface area contributed by atoms with E-state index in [-0.39, 0.29) is 27.2 Å². The molecule has 0 aliphatic rings. The third-order valence-electron chi connectivity index (χ3n) is 2.95. The Morgan fingerprint density at radius 3 is 2.15 bits per heavy atom. The summed E-state index contributed by atoms with van der Waals surface area (Å²) >= 11 is -4.92. The van der Waals surface area contributed by atoms with E-state index in [2.05, 4.69) is 9.19 Å². The van der Waals surface area contributed by atoms with E-state index in [1.54, 1.807) is 6.07 Å². The standard InChI is InChI=1S/C8H10AsNO5.C7H5NO4/c1-6(11)10-8-5-3-2-4-7(8)9(12,13)15-14;9-7(10)5-1-3-6(4-2-5)8(11)12/h2-5,14H,1H3,(H,10,11)(H,12,13);1-4H,(H,9,10). The van der Waals surface area contributed by atoms with Crippen molar-refractivity contribution in [2.45, 2.75) is 6.92 Å². The molecule has 12 heteroatoms. The van der Waals surface area contributed by atoms with Crippen LogP contribution in [0.1, 0.15) is 17.3 Å². The minimum Gasteiger partial charge on any atom is -0.478 e. The monoisotopic (exact) mass is 442 g/mol. The Bertz CT molecular complexity index is 850. The van der Waals surface area contributed by atoms with Crippen LogP contribution in [0.3, 0.4) is 0 Å². The molecule has 0 saturated heterocycles. The van der Waals surface area contributed by atoms with Gasteiger partial charge in [-0.3, -0.25) is 10.1 Å². The summed E-state index contributed by atoms with van der Waals surface area (Å²) in [6, 6.07) is 10.5. The van der Waals surface area contributed by atoms with Gasteiger partial charge in [0.05, 0.1) is 10.5 Å². The molecule has 4 N–H and O–H groups in total. The maximum Gasteiger partial charge on any atom is 0.335 e. The molecule has 0 aliphatic carbocycles. The molecule has 0 heterocycles. The SMILES string of the molecule is CC(=O)Nc1ccccc1[As](=O)(O)OO.O=C(O)c1ccc([N+](=O)[O-])cc1. The van der Waals surface area contributed by atoms with Crippen LogP contribution in [-0.2, 0) is 12.4 Å². The molecule has 1 atom stereocenters. The second kappa shape index (κ2) is 9.64. The van der Waals surface area contributed by atoms with Gasteiger partial charge in [0.25, 0.3) is 5.69 Å². The number of amides is 1. The second-order valence-corrected chi connectivity index (χ2v) is 8.45. The van der Waals surface area contributed by atoms with Crippen molar-refractivity contribution < 1.29 is 36.6 Å². The zero-order valence-electron chi connectivity index (χ0n) is 13.8. The van der Waals surface area contributed by atoms with Crippen LogP contribution in [0.4, 0.5) is 11.4 Å². The number of anilines is 1. The summed E-state index contributed by atoms with van der Waals surface area (Å²) in [6.07, 6.45) is 0. The zero-order valence-corrected chi connectivity index (χ0v) is 15.7. The Morgan fingerprint density at radius 1 is 1.15 bits per heavy atom. The van der Waals surface area contributed by atoms with Crippen molar-refractivity contribution in [2.24, 2.45) is 0 Å². The number of hydrogen-bond donors (Lipinski definition) is 4. The average Bonchev–Trinajstić information content (AvgIpc) is 2.62. The minimum atomic E-state index is -4.92. The molecule has 144 valence electrons. The number of para-hydroxylation sites is 1. The van der Waals surface area contributed by atoms with Gasteiger partial charge in [0, 0.05) is 12.1 Å². The average molecular weight is 442 g/mol. The molecule has 27 heavy (non-hydrogen) atoms. The van der Waals surface area contributed by atoms with Crippen LogP contribution in [-0.4, -0.2) is 45.4 Å². The van der Waals surface area contributed by atoms with Crippen LogP contribution in [0.2, 0.25) is 0 Å². The molecule has 1 unspecified atom stereocenters. The van der Waals surface area contributed by atoms with Gasteiger partial charge < -0.3 is 5.11 Å². The minimum absolute atomic E-state index is 0.0422. The number of benzene rings is 2. The molecule has 0 fully saturated rings. The maximum absolute atomic E-state index is 11.4. The smallest absolute Gasteiger partial charge is 0.335 e. The zero-order chi connectivity index (χ0) is 20.6. The first kappa shape index (κ1) is 22.1. The predicted molar refractivity (Wildman–Crippen MR) is 92.8 cm³/mol.